The summed E-state index contributed by atoms with van der Waals surface area (Å²) in [5.74, 6) is 0. The van der Waals surface area contributed by atoms with Crippen molar-refractivity contribution in [3.05, 3.63) is 32.7 Å². The van der Waals surface area contributed by atoms with Crippen LogP contribution in [-0.4, -0.2) is 0 Å². The summed E-state index contributed by atoms with van der Waals surface area (Å²) >= 11 is 7.01. The van der Waals surface area contributed by atoms with Gasteiger partial charge in [-0.2, -0.15) is 0 Å². The van der Waals surface area contributed by atoms with E-state index in [0.717, 1.165) is 8.95 Å². The molecule has 0 aliphatic carbocycles. The standard InChI is InChI=1S/C12H16Br2/c1-2-3-4-5-6-10-7-11(13)9-12(14)8-10/h7-9H,2-6H2,1H3. The molecule has 14 heavy (non-hydrogen) atoms. The molecule has 1 aromatic carbocycles. The van der Waals surface area contributed by atoms with Crippen LogP contribution in [0.2, 0.25) is 0 Å². The molecule has 0 spiro atoms. The Morgan fingerprint density at radius 3 is 2.14 bits per heavy atom. The molecule has 0 N–H and O–H groups in total. The van der Waals surface area contributed by atoms with Crippen LogP contribution in [0.3, 0.4) is 0 Å². The van der Waals surface area contributed by atoms with Crippen molar-refractivity contribution in [1.29, 1.82) is 0 Å². The fourth-order valence-corrected chi connectivity index (χ4v) is 2.90. The monoisotopic (exact) mass is 318 g/mol. The van der Waals surface area contributed by atoms with Gasteiger partial charge in [0.25, 0.3) is 0 Å². The van der Waals surface area contributed by atoms with Crippen LogP contribution in [0.25, 0.3) is 0 Å². The molecule has 0 nitrogen and oxygen atoms in total. The van der Waals surface area contributed by atoms with Gasteiger partial charge in [0.05, 0.1) is 0 Å². The first kappa shape index (κ1) is 12.3. The number of benzene rings is 1. The third-order valence-corrected chi connectivity index (χ3v) is 3.16. The zero-order valence-corrected chi connectivity index (χ0v) is 11.7. The molecule has 0 heterocycles. The first-order chi connectivity index (χ1) is 6.72. The molecule has 0 fully saturated rings. The predicted molar refractivity (Wildman–Crippen MR) is 69.7 cm³/mol. The molecule has 0 saturated carbocycles. The number of hydrogen-bond acceptors (Lipinski definition) is 0. The van der Waals surface area contributed by atoms with Crippen LogP contribution in [0.15, 0.2) is 27.1 Å². The minimum Gasteiger partial charge on any atom is -0.0654 e. The van der Waals surface area contributed by atoms with E-state index in [1.54, 1.807) is 0 Å². The maximum atomic E-state index is 3.51. The average molecular weight is 320 g/mol. The zero-order valence-electron chi connectivity index (χ0n) is 8.52. The highest BCUT2D eigenvalue weighted by Crippen LogP contribution is 2.21. The Balaban J connectivity index is 2.42. The summed E-state index contributed by atoms with van der Waals surface area (Å²) in [4.78, 5) is 0. The summed E-state index contributed by atoms with van der Waals surface area (Å²) in [6.07, 6.45) is 6.51. The van der Waals surface area contributed by atoms with Crippen molar-refractivity contribution < 1.29 is 0 Å². The molecule has 0 saturated heterocycles. The first-order valence-electron chi connectivity index (χ1n) is 5.17. The van der Waals surface area contributed by atoms with E-state index in [4.69, 9.17) is 0 Å². The Morgan fingerprint density at radius 2 is 1.57 bits per heavy atom. The van der Waals surface area contributed by atoms with Crippen LogP contribution in [0, 0.1) is 0 Å². The van der Waals surface area contributed by atoms with Crippen molar-refractivity contribution in [2.75, 3.05) is 0 Å². The minimum absolute atomic E-state index is 1.16. The fraction of sp³-hybridized carbons (Fsp3) is 0.500. The first-order valence-corrected chi connectivity index (χ1v) is 6.76. The molecule has 0 radical (unpaired) electrons. The Morgan fingerprint density at radius 1 is 0.929 bits per heavy atom. The van der Waals surface area contributed by atoms with E-state index in [0.29, 0.717) is 0 Å². The molecule has 0 aliphatic heterocycles. The van der Waals surface area contributed by atoms with Crippen molar-refractivity contribution in [3.63, 3.8) is 0 Å². The number of unbranched alkanes of at least 4 members (excludes halogenated alkanes) is 3. The summed E-state index contributed by atoms with van der Waals surface area (Å²) in [6.45, 7) is 2.25. The van der Waals surface area contributed by atoms with E-state index < -0.39 is 0 Å². The van der Waals surface area contributed by atoms with Crippen LogP contribution in [-0.2, 0) is 6.42 Å². The highest BCUT2D eigenvalue weighted by atomic mass is 79.9. The Bertz CT molecular complexity index is 261. The van der Waals surface area contributed by atoms with Gasteiger partial charge in [0.1, 0.15) is 0 Å². The molecule has 0 atom stereocenters. The Hall–Kier alpha value is 0.180. The number of halogens is 2. The molecular weight excluding hydrogens is 304 g/mol. The second kappa shape index (κ2) is 6.62. The van der Waals surface area contributed by atoms with Crippen LogP contribution in [0.4, 0.5) is 0 Å². The number of rotatable bonds is 5. The normalized spacial score (nSPS) is 10.5. The Labute approximate surface area is 103 Å². The average Bonchev–Trinajstić information content (AvgIpc) is 2.11. The minimum atomic E-state index is 1.16. The molecule has 0 unspecified atom stereocenters. The van der Waals surface area contributed by atoms with E-state index >= 15 is 0 Å². The highest BCUT2D eigenvalue weighted by Gasteiger charge is 1.97. The van der Waals surface area contributed by atoms with Gasteiger partial charge in [-0.05, 0) is 36.6 Å². The number of aryl methyl sites for hydroxylation is 1. The quantitative estimate of drug-likeness (QED) is 0.643. The second-order valence-corrected chi connectivity index (χ2v) is 5.42. The van der Waals surface area contributed by atoms with Crippen molar-refractivity contribution in [1.82, 2.24) is 0 Å². The molecule has 0 aliphatic rings. The van der Waals surface area contributed by atoms with Crippen molar-refractivity contribution >= 4 is 31.9 Å². The van der Waals surface area contributed by atoms with E-state index in [-0.39, 0.29) is 0 Å². The van der Waals surface area contributed by atoms with Crippen LogP contribution in [0.1, 0.15) is 38.2 Å². The van der Waals surface area contributed by atoms with E-state index in [1.165, 1.54) is 37.7 Å². The molecule has 0 amide bonds. The van der Waals surface area contributed by atoms with Gasteiger partial charge in [0.15, 0.2) is 0 Å². The van der Waals surface area contributed by atoms with Crippen molar-refractivity contribution in [2.24, 2.45) is 0 Å². The van der Waals surface area contributed by atoms with Crippen LogP contribution in [0.5, 0.6) is 0 Å². The lowest BCUT2D eigenvalue weighted by atomic mass is 10.1. The number of hydrogen-bond donors (Lipinski definition) is 0. The molecule has 78 valence electrons. The lowest BCUT2D eigenvalue weighted by molar-refractivity contribution is 0.666. The topological polar surface area (TPSA) is 0 Å². The fourth-order valence-electron chi connectivity index (χ4n) is 1.51. The van der Waals surface area contributed by atoms with Gasteiger partial charge in [-0.1, -0.05) is 58.0 Å². The molecule has 0 bridgehead atoms. The second-order valence-electron chi connectivity index (χ2n) is 3.59. The van der Waals surface area contributed by atoms with Gasteiger partial charge in [-0.15, -0.1) is 0 Å². The predicted octanol–water partition coefficient (Wildman–Crippen LogP) is 5.33. The summed E-state index contributed by atoms with van der Waals surface area (Å²) in [5.41, 5.74) is 1.42. The maximum absolute atomic E-state index is 3.51. The van der Waals surface area contributed by atoms with Gasteiger partial charge in [0, 0.05) is 8.95 Å². The molecule has 2 heteroatoms. The third-order valence-electron chi connectivity index (χ3n) is 2.24. The van der Waals surface area contributed by atoms with Crippen molar-refractivity contribution in [2.45, 2.75) is 39.0 Å². The van der Waals surface area contributed by atoms with E-state index in [1.807, 2.05) is 0 Å². The van der Waals surface area contributed by atoms with Crippen molar-refractivity contribution in [3.8, 4) is 0 Å². The van der Waals surface area contributed by atoms with Gasteiger partial charge < -0.3 is 0 Å². The highest BCUT2D eigenvalue weighted by molar-refractivity contribution is 9.11. The van der Waals surface area contributed by atoms with Gasteiger partial charge in [0.2, 0.25) is 0 Å². The molecule has 0 aromatic heterocycles. The SMILES string of the molecule is CCCCCCc1cc(Br)cc(Br)c1. The lowest BCUT2D eigenvalue weighted by Gasteiger charge is -2.03. The Kier molecular flexibility index (Phi) is 5.80. The van der Waals surface area contributed by atoms with Gasteiger partial charge in [-0.25, -0.2) is 0 Å². The van der Waals surface area contributed by atoms with E-state index in [9.17, 15) is 0 Å². The summed E-state index contributed by atoms with van der Waals surface area (Å²) in [6, 6.07) is 6.49. The van der Waals surface area contributed by atoms with Gasteiger partial charge in [-0.3, -0.25) is 0 Å². The molecular formula is C12H16Br2. The largest absolute Gasteiger partial charge is 0.0654 e. The lowest BCUT2D eigenvalue weighted by Crippen LogP contribution is -1.86. The van der Waals surface area contributed by atoms with Crippen LogP contribution >= 0.6 is 31.9 Å². The maximum Gasteiger partial charge on any atom is 0.0189 e. The smallest absolute Gasteiger partial charge is 0.0189 e. The summed E-state index contributed by atoms with van der Waals surface area (Å²) in [7, 11) is 0. The third kappa shape index (κ3) is 4.61. The summed E-state index contributed by atoms with van der Waals surface area (Å²) < 4.78 is 2.33. The molecule has 1 aromatic rings. The van der Waals surface area contributed by atoms with E-state index in [2.05, 4.69) is 57.0 Å². The van der Waals surface area contributed by atoms with Gasteiger partial charge >= 0.3 is 0 Å². The zero-order chi connectivity index (χ0) is 10.4. The van der Waals surface area contributed by atoms with Crippen LogP contribution < -0.4 is 0 Å². The molecule has 1 rings (SSSR count). The summed E-state index contributed by atoms with van der Waals surface area (Å²) in [5, 5.41) is 0.